The van der Waals surface area contributed by atoms with Gasteiger partial charge in [-0.25, -0.2) is 19.2 Å². The van der Waals surface area contributed by atoms with Crippen LogP contribution in [0.15, 0.2) is 12.2 Å². The molecular weight excluding hydrogens is 272 g/mol. The number of hydrogen-bond donors (Lipinski definition) is 0. The molecule has 0 aromatic rings. The molecule has 0 aromatic heterocycles. The number of carbonyl (C=O) groups is 4. The molecule has 0 bridgehead atoms. The summed E-state index contributed by atoms with van der Waals surface area (Å²) in [4.78, 5) is 43.9. The second kappa shape index (κ2) is 10.5. The summed E-state index contributed by atoms with van der Waals surface area (Å²) in [6, 6.07) is 0. The minimum Gasteiger partial charge on any atom is -0.463 e. The Hall–Kier alpha value is -2.38. The average molecular weight is 288 g/mol. The zero-order valence-electron chi connectivity index (χ0n) is 11.2. The molecule has 8 heteroatoms. The molecule has 0 aromatic carbocycles. The Labute approximate surface area is 115 Å². The molecule has 0 saturated carbocycles. The van der Waals surface area contributed by atoms with Gasteiger partial charge in [0.2, 0.25) is 0 Å². The molecule has 0 rings (SSSR count). The molecule has 112 valence electrons. The normalized spacial score (nSPS) is 9.90. The minimum atomic E-state index is -0.911. The van der Waals surface area contributed by atoms with Gasteiger partial charge in [-0.05, 0) is 13.8 Å². The van der Waals surface area contributed by atoms with E-state index in [0.717, 1.165) is 12.2 Å². The lowest BCUT2D eigenvalue weighted by atomic mass is 10.5. The summed E-state index contributed by atoms with van der Waals surface area (Å²) in [6.45, 7) is 2.47. The van der Waals surface area contributed by atoms with Gasteiger partial charge in [0.25, 0.3) is 0 Å². The maximum absolute atomic E-state index is 11.1. The second-order valence-corrected chi connectivity index (χ2v) is 3.16. The van der Waals surface area contributed by atoms with E-state index < -0.39 is 37.1 Å². The van der Waals surface area contributed by atoms with E-state index in [2.05, 4.69) is 18.9 Å². The van der Waals surface area contributed by atoms with Crippen molar-refractivity contribution in [3.8, 4) is 0 Å². The Balaban J connectivity index is 3.91. The van der Waals surface area contributed by atoms with E-state index >= 15 is 0 Å². The van der Waals surface area contributed by atoms with Crippen molar-refractivity contribution in [2.24, 2.45) is 0 Å². The lowest BCUT2D eigenvalue weighted by Gasteiger charge is -2.02. The number of ether oxygens (including phenoxy) is 4. The first-order valence-electron chi connectivity index (χ1n) is 5.82. The topological polar surface area (TPSA) is 105 Å². The van der Waals surface area contributed by atoms with E-state index in [1.165, 1.54) is 0 Å². The van der Waals surface area contributed by atoms with Crippen molar-refractivity contribution in [1.82, 2.24) is 0 Å². The molecule has 8 nitrogen and oxygen atoms in total. The van der Waals surface area contributed by atoms with Crippen molar-refractivity contribution in [3.05, 3.63) is 12.2 Å². The molecule has 0 N–H and O–H groups in total. The summed E-state index contributed by atoms with van der Waals surface area (Å²) in [7, 11) is 0. The maximum Gasteiger partial charge on any atom is 0.344 e. The second-order valence-electron chi connectivity index (χ2n) is 3.16. The van der Waals surface area contributed by atoms with Gasteiger partial charge in [-0.2, -0.15) is 0 Å². The molecule has 0 saturated heterocycles. The third-order valence-corrected chi connectivity index (χ3v) is 1.63. The molecule has 0 amide bonds. The Morgan fingerprint density at radius 3 is 1.35 bits per heavy atom. The van der Waals surface area contributed by atoms with E-state index in [4.69, 9.17) is 0 Å². The lowest BCUT2D eigenvalue weighted by Crippen LogP contribution is -2.16. The van der Waals surface area contributed by atoms with Crippen LogP contribution < -0.4 is 0 Å². The van der Waals surface area contributed by atoms with Gasteiger partial charge in [0, 0.05) is 12.2 Å². The summed E-state index contributed by atoms with van der Waals surface area (Å²) in [5.74, 6) is -3.21. The number of hydrogen-bond acceptors (Lipinski definition) is 8. The fourth-order valence-corrected chi connectivity index (χ4v) is 0.898. The standard InChI is InChI=1S/C12H16O8/c1-3-17-11(15)7-19-9(13)5-6-10(14)20-8-12(16)18-4-2/h5-6H,3-4,7-8H2,1-2H3/b6-5-. The first-order valence-corrected chi connectivity index (χ1v) is 5.82. The van der Waals surface area contributed by atoms with E-state index in [-0.39, 0.29) is 13.2 Å². The number of rotatable bonds is 8. The van der Waals surface area contributed by atoms with Crippen LogP contribution >= 0.6 is 0 Å². The molecule has 20 heavy (non-hydrogen) atoms. The SMILES string of the molecule is CCOC(=O)COC(=O)/C=C\C(=O)OCC(=O)OCC. The highest BCUT2D eigenvalue weighted by atomic mass is 16.6. The van der Waals surface area contributed by atoms with E-state index in [9.17, 15) is 19.2 Å². The summed E-state index contributed by atoms with van der Waals surface area (Å²) in [5.41, 5.74) is 0. The van der Waals surface area contributed by atoms with E-state index in [0.29, 0.717) is 0 Å². The summed E-state index contributed by atoms with van der Waals surface area (Å²) < 4.78 is 18.0. The van der Waals surface area contributed by atoms with Crippen molar-refractivity contribution in [2.75, 3.05) is 26.4 Å². The Kier molecular flexibility index (Phi) is 9.28. The Bertz CT molecular complexity index is 349. The van der Waals surface area contributed by atoms with Crippen molar-refractivity contribution in [1.29, 1.82) is 0 Å². The molecule has 0 radical (unpaired) electrons. The molecule has 0 atom stereocenters. The monoisotopic (exact) mass is 288 g/mol. The van der Waals surface area contributed by atoms with Gasteiger partial charge in [-0.15, -0.1) is 0 Å². The van der Waals surface area contributed by atoms with Gasteiger partial charge in [0.05, 0.1) is 13.2 Å². The molecular formula is C12H16O8. The molecule has 0 aliphatic heterocycles. The van der Waals surface area contributed by atoms with Crippen LogP contribution in [-0.4, -0.2) is 50.3 Å². The van der Waals surface area contributed by atoms with Gasteiger partial charge in [-0.1, -0.05) is 0 Å². The molecule has 0 unspecified atom stereocenters. The van der Waals surface area contributed by atoms with Crippen LogP contribution in [0, 0.1) is 0 Å². The highest BCUT2D eigenvalue weighted by Gasteiger charge is 2.08. The Morgan fingerprint density at radius 2 is 1.05 bits per heavy atom. The van der Waals surface area contributed by atoms with Gasteiger partial charge >= 0.3 is 23.9 Å². The van der Waals surface area contributed by atoms with Gasteiger partial charge in [-0.3, -0.25) is 0 Å². The van der Waals surface area contributed by atoms with Crippen LogP contribution in [0.1, 0.15) is 13.8 Å². The van der Waals surface area contributed by atoms with E-state index in [1.54, 1.807) is 13.8 Å². The zero-order valence-corrected chi connectivity index (χ0v) is 11.2. The molecule has 0 heterocycles. The predicted molar refractivity (Wildman–Crippen MR) is 64.3 cm³/mol. The molecule has 0 aliphatic carbocycles. The maximum atomic E-state index is 11.1. The van der Waals surface area contributed by atoms with Crippen molar-refractivity contribution in [3.63, 3.8) is 0 Å². The first-order chi connectivity index (χ1) is 9.49. The average Bonchev–Trinajstić information content (AvgIpc) is 2.41. The predicted octanol–water partition coefficient (Wildman–Crippen LogP) is -0.245. The van der Waals surface area contributed by atoms with Crippen LogP contribution in [0.3, 0.4) is 0 Å². The van der Waals surface area contributed by atoms with Gasteiger partial charge < -0.3 is 18.9 Å². The van der Waals surface area contributed by atoms with Crippen LogP contribution in [-0.2, 0) is 38.1 Å². The third-order valence-electron chi connectivity index (χ3n) is 1.63. The molecule has 0 fully saturated rings. The smallest absolute Gasteiger partial charge is 0.344 e. The van der Waals surface area contributed by atoms with E-state index in [1.807, 2.05) is 0 Å². The van der Waals surface area contributed by atoms with Crippen molar-refractivity contribution < 1.29 is 38.1 Å². The van der Waals surface area contributed by atoms with Crippen LogP contribution in [0.25, 0.3) is 0 Å². The fourth-order valence-electron chi connectivity index (χ4n) is 0.898. The molecule has 0 spiro atoms. The van der Waals surface area contributed by atoms with Crippen LogP contribution in [0.5, 0.6) is 0 Å². The number of esters is 4. The lowest BCUT2D eigenvalue weighted by molar-refractivity contribution is -0.156. The highest BCUT2D eigenvalue weighted by Crippen LogP contribution is 1.89. The summed E-state index contributed by atoms with van der Waals surface area (Å²) >= 11 is 0. The summed E-state index contributed by atoms with van der Waals surface area (Å²) in [5, 5.41) is 0. The van der Waals surface area contributed by atoms with Gasteiger partial charge in [0.1, 0.15) is 0 Å². The van der Waals surface area contributed by atoms with Crippen molar-refractivity contribution >= 4 is 23.9 Å². The molecule has 0 aliphatic rings. The largest absolute Gasteiger partial charge is 0.463 e. The van der Waals surface area contributed by atoms with Crippen molar-refractivity contribution in [2.45, 2.75) is 13.8 Å². The fraction of sp³-hybridized carbons (Fsp3) is 0.500. The van der Waals surface area contributed by atoms with Gasteiger partial charge in [0.15, 0.2) is 13.2 Å². The first kappa shape index (κ1) is 17.6. The quantitative estimate of drug-likeness (QED) is 0.342. The Morgan fingerprint density at radius 1 is 0.700 bits per heavy atom. The zero-order chi connectivity index (χ0) is 15.4. The number of carbonyl (C=O) groups excluding carboxylic acids is 4. The third kappa shape index (κ3) is 9.63. The minimum absolute atomic E-state index is 0.173. The van der Waals surface area contributed by atoms with Crippen LogP contribution in [0.2, 0.25) is 0 Å². The highest BCUT2D eigenvalue weighted by molar-refractivity contribution is 5.93. The van der Waals surface area contributed by atoms with Crippen LogP contribution in [0.4, 0.5) is 0 Å². The summed E-state index contributed by atoms with van der Waals surface area (Å²) in [6.07, 6.45) is 1.54.